The maximum Gasteiger partial charge on any atom is 0.344 e. The molecule has 144 valence electrons. The van der Waals surface area contributed by atoms with Crippen molar-refractivity contribution in [3.05, 3.63) is 41.1 Å². The Hall–Kier alpha value is -1.20. The van der Waals surface area contributed by atoms with E-state index in [9.17, 15) is 9.77 Å². The Bertz CT molecular complexity index is 678. The van der Waals surface area contributed by atoms with E-state index in [0.717, 1.165) is 36.2 Å². The van der Waals surface area contributed by atoms with Gasteiger partial charge in [-0.15, -0.1) is 0 Å². The van der Waals surface area contributed by atoms with Gasteiger partial charge in [0.05, 0.1) is 19.1 Å². The molecule has 26 heavy (non-hydrogen) atoms. The molecule has 3 rings (SSSR count). The first kappa shape index (κ1) is 19.6. The van der Waals surface area contributed by atoms with Gasteiger partial charge in [0.15, 0.2) is 11.4 Å². The van der Waals surface area contributed by atoms with E-state index >= 15 is 0 Å². The lowest BCUT2D eigenvalue weighted by Gasteiger charge is -2.31. The minimum Gasteiger partial charge on any atom is -0.623 e. The third kappa shape index (κ3) is 3.48. The number of hydroxylamine groups is 1. The topological polar surface area (TPSA) is 64.8 Å². The minimum atomic E-state index is -3.47. The molecule has 2 heterocycles. The van der Waals surface area contributed by atoms with Gasteiger partial charge in [-0.2, -0.15) is 4.74 Å². The van der Waals surface area contributed by atoms with Gasteiger partial charge in [0, 0.05) is 20.0 Å². The normalized spacial score (nSPS) is 27.4. The summed E-state index contributed by atoms with van der Waals surface area (Å²) in [6, 6.07) is 9.89. The molecule has 0 unspecified atom stereocenters. The van der Waals surface area contributed by atoms with Gasteiger partial charge in [0.1, 0.15) is 0 Å². The summed E-state index contributed by atoms with van der Waals surface area (Å²) in [4.78, 5) is 2.22. The van der Waals surface area contributed by atoms with Crippen LogP contribution in [0.4, 0.5) is 0 Å². The van der Waals surface area contributed by atoms with Crippen LogP contribution in [0.5, 0.6) is 0 Å². The highest BCUT2D eigenvalue weighted by atomic mass is 31.2. The summed E-state index contributed by atoms with van der Waals surface area (Å²) in [5, 5.41) is 13.1. The number of likely N-dealkylation sites (tertiary alicyclic amines) is 1. The second-order valence-electron chi connectivity index (χ2n) is 6.88. The van der Waals surface area contributed by atoms with E-state index in [-0.39, 0.29) is 25.3 Å². The van der Waals surface area contributed by atoms with Crippen molar-refractivity contribution in [2.24, 2.45) is 0 Å². The fourth-order valence-corrected chi connectivity index (χ4v) is 6.71. The summed E-state index contributed by atoms with van der Waals surface area (Å²) in [6.45, 7) is 7.74. The Morgan fingerprint density at radius 2 is 1.73 bits per heavy atom. The minimum absolute atomic E-state index is 0.240. The molecule has 2 aliphatic rings. The van der Waals surface area contributed by atoms with Gasteiger partial charge in [0.25, 0.3) is 0 Å². The molecule has 1 aromatic rings. The zero-order valence-corrected chi connectivity index (χ0v) is 16.7. The second kappa shape index (κ2) is 8.22. The van der Waals surface area contributed by atoms with Crippen molar-refractivity contribution in [3.63, 3.8) is 0 Å². The van der Waals surface area contributed by atoms with Crippen molar-refractivity contribution in [2.45, 2.75) is 51.4 Å². The highest BCUT2D eigenvalue weighted by Crippen LogP contribution is 2.60. The van der Waals surface area contributed by atoms with Gasteiger partial charge in [-0.1, -0.05) is 30.3 Å². The lowest BCUT2D eigenvalue weighted by atomic mass is 9.92. The van der Waals surface area contributed by atoms with Crippen LogP contribution in [0.3, 0.4) is 0 Å². The largest absolute Gasteiger partial charge is 0.623 e. The monoisotopic (exact) mass is 380 g/mol. The van der Waals surface area contributed by atoms with E-state index < -0.39 is 13.3 Å². The number of rotatable bonds is 7. The highest BCUT2D eigenvalue weighted by Gasteiger charge is 2.58. The number of benzene rings is 1. The molecule has 1 fully saturated rings. The fraction of sp³-hybridized carbons (Fsp3) is 0.632. The van der Waals surface area contributed by atoms with Crippen molar-refractivity contribution < 1.29 is 18.4 Å². The van der Waals surface area contributed by atoms with Crippen LogP contribution < -0.4 is 0 Å². The molecule has 1 aromatic carbocycles. The van der Waals surface area contributed by atoms with E-state index in [2.05, 4.69) is 4.90 Å². The van der Waals surface area contributed by atoms with Crippen LogP contribution >= 0.6 is 7.60 Å². The number of hydrogen-bond acceptors (Lipinski definition) is 5. The van der Waals surface area contributed by atoms with E-state index in [0.29, 0.717) is 5.71 Å². The molecule has 7 heteroatoms. The average Bonchev–Trinajstić information content (AvgIpc) is 3.24. The number of nitrogens with zero attached hydrogens (tertiary/aromatic N) is 2. The first-order chi connectivity index (χ1) is 12.5. The van der Waals surface area contributed by atoms with Crippen molar-refractivity contribution in [1.29, 1.82) is 0 Å². The molecule has 0 N–H and O–H groups in total. The maximum absolute atomic E-state index is 13.7. The van der Waals surface area contributed by atoms with Gasteiger partial charge in [-0.3, -0.25) is 4.57 Å². The molecule has 3 atom stereocenters. The first-order valence-corrected chi connectivity index (χ1v) is 11.1. The summed E-state index contributed by atoms with van der Waals surface area (Å²) >= 11 is 0. The summed E-state index contributed by atoms with van der Waals surface area (Å²) in [6.07, 6.45) is 1.81. The molecule has 6 nitrogen and oxygen atoms in total. The summed E-state index contributed by atoms with van der Waals surface area (Å²) < 4.78 is 26.0. The van der Waals surface area contributed by atoms with Gasteiger partial charge in [-0.05, 0) is 32.3 Å². The van der Waals surface area contributed by atoms with Crippen molar-refractivity contribution >= 4 is 13.3 Å². The van der Waals surface area contributed by atoms with Crippen molar-refractivity contribution in [3.8, 4) is 0 Å². The summed E-state index contributed by atoms with van der Waals surface area (Å²) in [5.74, 6) is -0.240. The van der Waals surface area contributed by atoms with E-state index in [1.807, 2.05) is 30.3 Å². The van der Waals surface area contributed by atoms with Gasteiger partial charge in [-0.25, -0.2) is 4.90 Å². The predicted octanol–water partition coefficient (Wildman–Crippen LogP) is 3.81. The average molecular weight is 380 g/mol. The first-order valence-electron chi connectivity index (χ1n) is 9.51. The van der Waals surface area contributed by atoms with E-state index in [1.165, 1.54) is 0 Å². The number of hydrogen-bond donors (Lipinski definition) is 0. The Morgan fingerprint density at radius 1 is 1.15 bits per heavy atom. The predicted molar refractivity (Wildman–Crippen MR) is 103 cm³/mol. The zero-order valence-electron chi connectivity index (χ0n) is 15.8. The standard InChI is InChI=1S/C19H29N2O4P/c1-4-24-26(23,25-5-2)18-15(3)21(22)19(20-13-9-10-14-20)17(18)16-11-7-6-8-12-16/h6-8,11-12,17-19H,4-5,9-10,13-14H2,1-3H3/t17-,18-,19-/m0/s1. The molecule has 0 saturated carbocycles. The zero-order chi connectivity index (χ0) is 18.7. The molecule has 0 radical (unpaired) electrons. The van der Waals surface area contributed by atoms with Crippen LogP contribution in [-0.4, -0.2) is 53.5 Å². The highest BCUT2D eigenvalue weighted by molar-refractivity contribution is 7.55. The van der Waals surface area contributed by atoms with Crippen LogP contribution in [0.15, 0.2) is 30.3 Å². The third-order valence-electron chi connectivity index (χ3n) is 5.34. The van der Waals surface area contributed by atoms with Gasteiger partial charge >= 0.3 is 7.60 Å². The van der Waals surface area contributed by atoms with Crippen molar-refractivity contribution in [1.82, 2.24) is 4.90 Å². The van der Waals surface area contributed by atoms with Gasteiger partial charge < -0.3 is 14.3 Å². The van der Waals surface area contributed by atoms with E-state index in [4.69, 9.17) is 9.05 Å². The molecule has 0 bridgehead atoms. The van der Waals surface area contributed by atoms with Crippen LogP contribution in [0.1, 0.15) is 45.1 Å². The van der Waals surface area contributed by atoms with Crippen LogP contribution in [0.25, 0.3) is 0 Å². The smallest absolute Gasteiger partial charge is 0.344 e. The molecule has 1 saturated heterocycles. The summed E-state index contributed by atoms with van der Waals surface area (Å²) in [5.41, 5.74) is 0.987. The Labute approximate surface area is 155 Å². The second-order valence-corrected chi connectivity index (χ2v) is 9.03. The quantitative estimate of drug-likeness (QED) is 0.409. The Morgan fingerprint density at radius 3 is 2.27 bits per heavy atom. The third-order valence-corrected chi connectivity index (χ3v) is 7.95. The van der Waals surface area contributed by atoms with E-state index in [1.54, 1.807) is 20.8 Å². The maximum atomic E-state index is 13.7. The fourth-order valence-electron chi connectivity index (χ4n) is 4.30. The van der Waals surface area contributed by atoms with Gasteiger partial charge in [0.2, 0.25) is 6.17 Å². The van der Waals surface area contributed by atoms with Crippen LogP contribution in [0, 0.1) is 5.21 Å². The molecular formula is C19H29N2O4P. The molecule has 2 aliphatic heterocycles. The Kier molecular flexibility index (Phi) is 6.18. The SMILES string of the molecule is CCOP(=O)(OCC)[C@H]1C(C)=[N+]([O-])[C@H](N2CCCC2)[C@H]1c1ccccc1. The molecule has 0 spiro atoms. The lowest BCUT2D eigenvalue weighted by Crippen LogP contribution is -2.42. The van der Waals surface area contributed by atoms with Crippen LogP contribution in [-0.2, 0) is 13.6 Å². The molecule has 0 aliphatic carbocycles. The molecular weight excluding hydrogens is 351 g/mol. The lowest BCUT2D eigenvalue weighted by molar-refractivity contribution is -0.524. The van der Waals surface area contributed by atoms with Crippen molar-refractivity contribution in [2.75, 3.05) is 26.3 Å². The van der Waals surface area contributed by atoms with Crippen LogP contribution in [0.2, 0.25) is 0 Å². The summed E-state index contributed by atoms with van der Waals surface area (Å²) in [7, 11) is -3.47. The molecule has 0 amide bonds. The molecule has 0 aromatic heterocycles. The Balaban J connectivity index is 2.09.